The van der Waals surface area contributed by atoms with Gasteiger partial charge in [0.15, 0.2) is 0 Å². The summed E-state index contributed by atoms with van der Waals surface area (Å²) in [6.45, 7) is 0. The molecule has 9 nitrogen and oxygen atoms in total. The van der Waals surface area contributed by atoms with Crippen LogP contribution in [0.2, 0.25) is 0 Å². The number of carbonyl (C=O) groups is 3. The predicted octanol–water partition coefficient (Wildman–Crippen LogP) is 3.76. The topological polar surface area (TPSA) is 113 Å². The molecule has 3 aliphatic heterocycles. The molecule has 4 atom stereocenters. The van der Waals surface area contributed by atoms with Crippen LogP contribution in [0.1, 0.15) is 5.56 Å². The van der Waals surface area contributed by atoms with Gasteiger partial charge in [-0.05, 0) is 42.0 Å². The van der Waals surface area contributed by atoms with Crippen LogP contribution in [0, 0.1) is 27.8 Å². The van der Waals surface area contributed by atoms with E-state index >= 15 is 0 Å². The zero-order valence-corrected chi connectivity index (χ0v) is 19.2. The lowest BCUT2D eigenvalue weighted by molar-refractivity contribution is -0.384. The van der Waals surface area contributed by atoms with Crippen LogP contribution in [0.15, 0.2) is 78.9 Å². The van der Waals surface area contributed by atoms with Crippen molar-refractivity contribution in [1.82, 2.24) is 0 Å². The third-order valence-electron chi connectivity index (χ3n) is 7.10. The number of amides is 3. The van der Waals surface area contributed by atoms with Gasteiger partial charge < -0.3 is 10.2 Å². The van der Waals surface area contributed by atoms with Gasteiger partial charge in [-0.3, -0.25) is 24.5 Å². The lowest BCUT2D eigenvalue weighted by atomic mass is 9.88. The second-order valence-electron chi connectivity index (χ2n) is 9.10. The number of imide groups is 1. The third-order valence-corrected chi connectivity index (χ3v) is 7.10. The Morgan fingerprint density at radius 3 is 2.41 bits per heavy atom. The van der Waals surface area contributed by atoms with Crippen molar-refractivity contribution in [2.75, 3.05) is 15.1 Å². The molecule has 2 saturated heterocycles. The fourth-order valence-electron chi connectivity index (χ4n) is 5.57. The molecule has 3 aromatic carbocycles. The van der Waals surface area contributed by atoms with E-state index < -0.39 is 52.4 Å². The number of nitro groups is 1. The Bertz CT molecular complexity index is 1500. The van der Waals surface area contributed by atoms with E-state index in [-0.39, 0.29) is 11.4 Å². The molecule has 10 heteroatoms. The molecule has 0 unspecified atom stereocenters. The number of benzene rings is 3. The number of anilines is 3. The summed E-state index contributed by atoms with van der Waals surface area (Å²) in [6, 6.07) is 16.4. The van der Waals surface area contributed by atoms with Gasteiger partial charge in [0, 0.05) is 23.5 Å². The number of fused-ring (bicyclic) bond motifs is 5. The smallest absolute Gasteiger partial charge is 0.269 e. The average molecular weight is 498 g/mol. The zero-order chi connectivity index (χ0) is 25.8. The highest BCUT2D eigenvalue weighted by atomic mass is 19.1. The number of hydrogen-bond acceptors (Lipinski definition) is 6. The van der Waals surface area contributed by atoms with Gasteiger partial charge in [0.25, 0.3) is 5.69 Å². The predicted molar refractivity (Wildman–Crippen MR) is 133 cm³/mol. The van der Waals surface area contributed by atoms with Crippen molar-refractivity contribution in [3.8, 4) is 0 Å². The molecule has 3 aliphatic rings. The highest BCUT2D eigenvalue weighted by Crippen LogP contribution is 2.49. The van der Waals surface area contributed by atoms with Crippen LogP contribution in [0.3, 0.4) is 0 Å². The lowest BCUT2D eigenvalue weighted by Crippen LogP contribution is -2.50. The van der Waals surface area contributed by atoms with E-state index in [4.69, 9.17) is 0 Å². The van der Waals surface area contributed by atoms with Crippen LogP contribution >= 0.6 is 0 Å². The summed E-state index contributed by atoms with van der Waals surface area (Å²) in [6.07, 6.45) is 3.69. The Balaban J connectivity index is 1.41. The number of non-ortho nitro benzene ring substituents is 1. The van der Waals surface area contributed by atoms with Crippen LogP contribution in [0.25, 0.3) is 6.08 Å². The number of halogens is 1. The molecular weight excluding hydrogens is 479 g/mol. The Morgan fingerprint density at radius 2 is 1.68 bits per heavy atom. The number of nitrogens with zero attached hydrogens (tertiary/aromatic N) is 3. The minimum absolute atomic E-state index is 0.116. The molecular formula is C27H19FN4O5. The maximum absolute atomic E-state index is 13.9. The molecule has 0 bridgehead atoms. The van der Waals surface area contributed by atoms with Gasteiger partial charge >= 0.3 is 0 Å². The summed E-state index contributed by atoms with van der Waals surface area (Å²) < 4.78 is 13.9. The van der Waals surface area contributed by atoms with E-state index in [0.717, 1.165) is 16.5 Å². The van der Waals surface area contributed by atoms with Gasteiger partial charge in [-0.15, -0.1) is 0 Å². The molecule has 184 valence electrons. The summed E-state index contributed by atoms with van der Waals surface area (Å²) >= 11 is 0. The van der Waals surface area contributed by atoms with E-state index in [9.17, 15) is 28.9 Å². The molecule has 0 spiro atoms. The summed E-state index contributed by atoms with van der Waals surface area (Å²) in [4.78, 5) is 54.3. The Morgan fingerprint density at radius 1 is 0.946 bits per heavy atom. The van der Waals surface area contributed by atoms with Crippen LogP contribution in [0.4, 0.5) is 27.1 Å². The largest absolute Gasteiger partial charge is 0.351 e. The molecule has 3 amide bonds. The van der Waals surface area contributed by atoms with Crippen molar-refractivity contribution in [3.63, 3.8) is 0 Å². The van der Waals surface area contributed by atoms with Crippen molar-refractivity contribution < 1.29 is 23.7 Å². The van der Waals surface area contributed by atoms with E-state index in [1.165, 1.54) is 42.5 Å². The first-order valence-corrected chi connectivity index (χ1v) is 11.6. The highest BCUT2D eigenvalue weighted by Gasteiger charge is 2.64. The molecule has 3 aromatic rings. The first-order valence-electron chi connectivity index (χ1n) is 11.6. The van der Waals surface area contributed by atoms with E-state index in [1.54, 1.807) is 4.90 Å². The molecule has 0 aromatic heterocycles. The van der Waals surface area contributed by atoms with Crippen LogP contribution in [0.5, 0.6) is 0 Å². The second kappa shape index (κ2) is 8.37. The average Bonchev–Trinajstić information content (AvgIpc) is 3.37. The molecule has 2 fully saturated rings. The normalized spacial score (nSPS) is 23.5. The van der Waals surface area contributed by atoms with Crippen molar-refractivity contribution in [2.24, 2.45) is 11.8 Å². The van der Waals surface area contributed by atoms with Gasteiger partial charge in [-0.25, -0.2) is 9.29 Å². The lowest BCUT2D eigenvalue weighted by Gasteiger charge is -2.36. The first kappa shape index (κ1) is 22.6. The SMILES string of the molecule is O=C(Nc1ccc([N+](=O)[O-])cc1)[C@@H]1[C@@H]2C(=O)N(c3cccc(F)c3)C(=O)[C@@H]2[C@@H]2C=Cc3ccccc3N12. The number of nitro benzene ring substituents is 1. The van der Waals surface area contributed by atoms with E-state index in [0.29, 0.717) is 11.4 Å². The monoisotopic (exact) mass is 498 g/mol. The highest BCUT2D eigenvalue weighted by molar-refractivity contribution is 6.25. The molecule has 3 heterocycles. The molecule has 6 rings (SSSR count). The zero-order valence-electron chi connectivity index (χ0n) is 19.2. The Labute approximate surface area is 209 Å². The first-order chi connectivity index (χ1) is 17.8. The maximum atomic E-state index is 13.9. The Kier molecular flexibility index (Phi) is 5.11. The fraction of sp³-hybridized carbons (Fsp3) is 0.148. The van der Waals surface area contributed by atoms with Crippen molar-refractivity contribution in [3.05, 3.63) is 100 Å². The van der Waals surface area contributed by atoms with Gasteiger partial charge in [-0.1, -0.05) is 36.4 Å². The van der Waals surface area contributed by atoms with Crippen LogP contribution in [-0.2, 0) is 14.4 Å². The van der Waals surface area contributed by atoms with E-state index in [2.05, 4.69) is 5.32 Å². The summed E-state index contributed by atoms with van der Waals surface area (Å²) in [5.41, 5.74) is 1.86. The number of hydrogen-bond donors (Lipinski definition) is 1. The molecule has 1 N–H and O–H groups in total. The minimum atomic E-state index is -1.05. The molecule has 0 radical (unpaired) electrons. The van der Waals surface area contributed by atoms with Crippen molar-refractivity contribution in [1.29, 1.82) is 0 Å². The van der Waals surface area contributed by atoms with Crippen molar-refractivity contribution >= 4 is 46.5 Å². The number of carbonyl (C=O) groups excluding carboxylic acids is 3. The number of para-hydroxylation sites is 1. The summed E-state index contributed by atoms with van der Waals surface area (Å²) in [7, 11) is 0. The third kappa shape index (κ3) is 3.48. The maximum Gasteiger partial charge on any atom is 0.269 e. The minimum Gasteiger partial charge on any atom is -0.351 e. The van der Waals surface area contributed by atoms with Gasteiger partial charge in [0.1, 0.15) is 11.9 Å². The van der Waals surface area contributed by atoms with Gasteiger partial charge in [0.05, 0.1) is 28.5 Å². The fourth-order valence-corrected chi connectivity index (χ4v) is 5.57. The summed E-state index contributed by atoms with van der Waals surface area (Å²) in [5.74, 6) is -4.06. The van der Waals surface area contributed by atoms with Crippen LogP contribution < -0.4 is 15.1 Å². The summed E-state index contributed by atoms with van der Waals surface area (Å²) in [5, 5.41) is 13.7. The van der Waals surface area contributed by atoms with Gasteiger partial charge in [-0.2, -0.15) is 0 Å². The molecule has 0 saturated carbocycles. The molecule has 0 aliphatic carbocycles. The van der Waals surface area contributed by atoms with Crippen molar-refractivity contribution in [2.45, 2.75) is 12.1 Å². The van der Waals surface area contributed by atoms with Crippen LogP contribution in [-0.4, -0.2) is 34.7 Å². The Hall–Kier alpha value is -4.86. The second-order valence-corrected chi connectivity index (χ2v) is 9.10. The number of nitrogens with one attached hydrogen (secondary N) is 1. The number of rotatable bonds is 4. The standard InChI is InChI=1S/C27H19FN4O5/c28-16-5-3-6-19(14-16)30-26(34)22-21-13-8-15-4-1-2-7-20(15)31(21)24(23(22)27(30)35)25(33)29-17-9-11-18(12-10-17)32(36)37/h1-14,21-24H,(H,29,33)/t21-,22+,23+,24-/m0/s1. The van der Waals surface area contributed by atoms with Gasteiger partial charge in [0.2, 0.25) is 17.7 Å². The van der Waals surface area contributed by atoms with E-state index in [1.807, 2.05) is 36.4 Å². The quantitative estimate of drug-likeness (QED) is 0.333. The molecule has 37 heavy (non-hydrogen) atoms.